The molecule has 4 nitrogen and oxygen atoms in total. The van der Waals surface area contributed by atoms with E-state index in [9.17, 15) is 9.59 Å². The lowest BCUT2D eigenvalue weighted by atomic mass is 10.2. The van der Waals surface area contributed by atoms with Crippen LogP contribution in [0.2, 0.25) is 5.02 Å². The Morgan fingerprint density at radius 3 is 2.73 bits per heavy atom. The van der Waals surface area contributed by atoms with Gasteiger partial charge in [-0.2, -0.15) is 0 Å². The molecule has 0 aromatic heterocycles. The van der Waals surface area contributed by atoms with E-state index in [1.54, 1.807) is 24.3 Å². The summed E-state index contributed by atoms with van der Waals surface area (Å²) < 4.78 is 0. The van der Waals surface area contributed by atoms with Gasteiger partial charge in [0.2, 0.25) is 5.91 Å². The van der Waals surface area contributed by atoms with Crippen molar-refractivity contribution in [3.63, 3.8) is 0 Å². The van der Waals surface area contributed by atoms with E-state index in [1.807, 2.05) is 0 Å². The van der Waals surface area contributed by atoms with Crippen LogP contribution >= 0.6 is 11.6 Å². The number of hydrazine groups is 1. The molecule has 1 saturated heterocycles. The third-order valence-electron chi connectivity index (χ3n) is 2.17. The molecule has 5 heteroatoms. The van der Waals surface area contributed by atoms with Gasteiger partial charge in [-0.25, -0.2) is 5.01 Å². The predicted molar refractivity (Wildman–Crippen MR) is 55.2 cm³/mol. The normalized spacial score (nSPS) is 15.3. The van der Waals surface area contributed by atoms with Crippen molar-refractivity contribution in [3.8, 4) is 0 Å². The van der Waals surface area contributed by atoms with Crippen LogP contribution in [0.1, 0.15) is 16.8 Å². The molecule has 0 unspecified atom stereocenters. The van der Waals surface area contributed by atoms with Crippen molar-refractivity contribution in [2.45, 2.75) is 6.42 Å². The second kappa shape index (κ2) is 3.90. The molecule has 0 bridgehead atoms. The maximum absolute atomic E-state index is 11.8. The highest BCUT2D eigenvalue weighted by atomic mass is 35.5. The van der Waals surface area contributed by atoms with Gasteiger partial charge in [-0.1, -0.05) is 23.7 Å². The van der Waals surface area contributed by atoms with E-state index in [0.29, 0.717) is 23.6 Å². The Morgan fingerprint density at radius 2 is 2.13 bits per heavy atom. The summed E-state index contributed by atoms with van der Waals surface area (Å²) in [7, 11) is 0. The van der Waals surface area contributed by atoms with Crippen molar-refractivity contribution in [2.24, 2.45) is 0 Å². The number of hydrogen-bond donors (Lipinski definition) is 1. The van der Waals surface area contributed by atoms with Crippen molar-refractivity contribution >= 4 is 23.4 Å². The van der Waals surface area contributed by atoms with Crippen molar-refractivity contribution in [1.82, 2.24) is 10.4 Å². The summed E-state index contributed by atoms with van der Waals surface area (Å²) in [6, 6.07) is 6.76. The minimum atomic E-state index is -0.272. The molecular formula is C10H9ClN2O2. The van der Waals surface area contributed by atoms with Crippen LogP contribution in [-0.4, -0.2) is 23.4 Å². The fourth-order valence-corrected chi connectivity index (χ4v) is 1.62. The molecule has 0 saturated carbocycles. The Bertz CT molecular complexity index is 420. The Balaban J connectivity index is 2.21. The number of hydrogen-bond acceptors (Lipinski definition) is 2. The van der Waals surface area contributed by atoms with Crippen LogP contribution in [0, 0.1) is 0 Å². The Labute approximate surface area is 91.8 Å². The third-order valence-corrected chi connectivity index (χ3v) is 2.50. The quantitative estimate of drug-likeness (QED) is 0.780. The molecule has 0 radical (unpaired) electrons. The lowest BCUT2D eigenvalue weighted by Gasteiger charge is -2.15. The molecule has 78 valence electrons. The van der Waals surface area contributed by atoms with Crippen LogP contribution in [0.15, 0.2) is 24.3 Å². The van der Waals surface area contributed by atoms with Gasteiger partial charge in [0.25, 0.3) is 5.91 Å². The Kier molecular flexibility index (Phi) is 2.60. The van der Waals surface area contributed by atoms with Crippen LogP contribution in [0.25, 0.3) is 0 Å². The van der Waals surface area contributed by atoms with Gasteiger partial charge in [-0.3, -0.25) is 15.0 Å². The summed E-state index contributed by atoms with van der Waals surface area (Å²) in [4.78, 5) is 22.8. The fourth-order valence-electron chi connectivity index (χ4n) is 1.41. The molecule has 1 aromatic carbocycles. The van der Waals surface area contributed by atoms with Crippen LogP contribution < -0.4 is 5.43 Å². The van der Waals surface area contributed by atoms with E-state index in [4.69, 9.17) is 11.6 Å². The fraction of sp³-hybridized carbons (Fsp3) is 0.200. The summed E-state index contributed by atoms with van der Waals surface area (Å²) in [5, 5.41) is 1.67. The summed E-state index contributed by atoms with van der Waals surface area (Å²) in [5.41, 5.74) is 2.87. The predicted octanol–water partition coefficient (Wildman–Crippen LogP) is 1.22. The van der Waals surface area contributed by atoms with Gasteiger partial charge in [0, 0.05) is 6.42 Å². The highest BCUT2D eigenvalue weighted by Crippen LogP contribution is 2.17. The second-order valence-corrected chi connectivity index (χ2v) is 3.63. The first-order chi connectivity index (χ1) is 7.18. The summed E-state index contributed by atoms with van der Waals surface area (Å²) in [5.74, 6) is -0.415. The lowest BCUT2D eigenvalue weighted by Crippen LogP contribution is -2.38. The number of nitrogens with one attached hydrogen (secondary N) is 1. The van der Waals surface area contributed by atoms with E-state index >= 15 is 0 Å². The van der Waals surface area contributed by atoms with Crippen LogP contribution in [-0.2, 0) is 4.79 Å². The third kappa shape index (κ3) is 1.94. The molecule has 1 aliphatic rings. The molecule has 1 aliphatic heterocycles. The van der Waals surface area contributed by atoms with Crippen LogP contribution in [0.4, 0.5) is 0 Å². The molecule has 1 fully saturated rings. The van der Waals surface area contributed by atoms with Crippen molar-refractivity contribution in [2.75, 3.05) is 6.54 Å². The lowest BCUT2D eigenvalue weighted by molar-refractivity contribution is -0.120. The van der Waals surface area contributed by atoms with Crippen molar-refractivity contribution < 1.29 is 9.59 Å². The second-order valence-electron chi connectivity index (χ2n) is 3.22. The highest BCUT2D eigenvalue weighted by molar-refractivity contribution is 6.33. The molecule has 0 aliphatic carbocycles. The van der Waals surface area contributed by atoms with Crippen molar-refractivity contribution in [3.05, 3.63) is 34.9 Å². The first-order valence-electron chi connectivity index (χ1n) is 4.54. The number of nitrogens with zero attached hydrogens (tertiary/aromatic N) is 1. The SMILES string of the molecule is O=C1CCN(C(=O)c2ccccc2Cl)N1. The van der Waals surface area contributed by atoms with Gasteiger partial charge in [0.15, 0.2) is 0 Å². The van der Waals surface area contributed by atoms with Gasteiger partial charge < -0.3 is 0 Å². The summed E-state index contributed by atoms with van der Waals surface area (Å²) in [6.45, 7) is 0.392. The Hall–Kier alpha value is -1.55. The van der Waals surface area contributed by atoms with E-state index in [-0.39, 0.29) is 11.8 Å². The molecule has 1 heterocycles. The first-order valence-corrected chi connectivity index (χ1v) is 4.92. The number of benzene rings is 1. The average molecular weight is 225 g/mol. The molecule has 2 rings (SSSR count). The zero-order valence-electron chi connectivity index (χ0n) is 7.87. The summed E-state index contributed by atoms with van der Waals surface area (Å²) in [6.07, 6.45) is 0.343. The average Bonchev–Trinajstić information content (AvgIpc) is 2.65. The monoisotopic (exact) mass is 224 g/mol. The van der Waals surface area contributed by atoms with Crippen molar-refractivity contribution in [1.29, 1.82) is 0 Å². The van der Waals surface area contributed by atoms with Gasteiger partial charge in [0.1, 0.15) is 0 Å². The molecule has 1 N–H and O–H groups in total. The van der Waals surface area contributed by atoms with E-state index < -0.39 is 0 Å². The largest absolute Gasteiger partial charge is 0.273 e. The standard InChI is InChI=1S/C10H9ClN2O2/c11-8-4-2-1-3-7(8)10(15)13-6-5-9(14)12-13/h1-4H,5-6H2,(H,12,14). The minimum absolute atomic E-state index is 0.143. The minimum Gasteiger partial charge on any atom is -0.273 e. The highest BCUT2D eigenvalue weighted by Gasteiger charge is 2.25. The number of rotatable bonds is 1. The van der Waals surface area contributed by atoms with E-state index in [0.717, 1.165) is 0 Å². The number of carbonyl (C=O) groups excluding carboxylic acids is 2. The molecule has 2 amide bonds. The smallest absolute Gasteiger partial charge is 0.273 e. The first kappa shape index (κ1) is 9.98. The van der Waals surface area contributed by atoms with Gasteiger partial charge >= 0.3 is 0 Å². The number of amides is 2. The topological polar surface area (TPSA) is 49.4 Å². The molecule has 0 atom stereocenters. The summed E-state index contributed by atoms with van der Waals surface area (Å²) >= 11 is 5.87. The van der Waals surface area contributed by atoms with Crippen LogP contribution in [0.5, 0.6) is 0 Å². The van der Waals surface area contributed by atoms with Crippen LogP contribution in [0.3, 0.4) is 0 Å². The Morgan fingerprint density at radius 1 is 1.40 bits per heavy atom. The van der Waals surface area contributed by atoms with E-state index in [1.165, 1.54) is 5.01 Å². The number of carbonyl (C=O) groups is 2. The number of halogens is 1. The molecular weight excluding hydrogens is 216 g/mol. The van der Waals surface area contributed by atoms with Gasteiger partial charge in [-0.15, -0.1) is 0 Å². The van der Waals surface area contributed by atoms with Gasteiger partial charge in [-0.05, 0) is 12.1 Å². The molecule has 15 heavy (non-hydrogen) atoms. The molecule has 0 spiro atoms. The molecule has 1 aromatic rings. The van der Waals surface area contributed by atoms with E-state index in [2.05, 4.69) is 5.43 Å². The maximum Gasteiger partial charge on any atom is 0.273 e. The zero-order chi connectivity index (χ0) is 10.8. The van der Waals surface area contributed by atoms with Gasteiger partial charge in [0.05, 0.1) is 17.1 Å². The zero-order valence-corrected chi connectivity index (χ0v) is 8.62. The maximum atomic E-state index is 11.8.